The first-order valence-electron chi connectivity index (χ1n) is 9.02. The zero-order chi connectivity index (χ0) is 20.4. The lowest BCUT2D eigenvalue weighted by Gasteiger charge is -2.28. The van der Waals surface area contributed by atoms with Crippen molar-refractivity contribution in [3.8, 4) is 11.4 Å². The summed E-state index contributed by atoms with van der Waals surface area (Å²) in [5, 5.41) is 11.8. The van der Waals surface area contributed by atoms with Crippen molar-refractivity contribution in [2.75, 3.05) is 32.0 Å². The highest BCUT2D eigenvalue weighted by molar-refractivity contribution is 7.14. The molecule has 6 nitrogen and oxygen atoms in total. The molecule has 154 valence electrons. The fourth-order valence-corrected chi connectivity index (χ4v) is 4.61. The number of hydrogen-bond donors (Lipinski definition) is 2. The molecule has 0 fully saturated rings. The molecule has 0 aromatic carbocycles. The van der Waals surface area contributed by atoms with Crippen molar-refractivity contribution >= 4 is 33.8 Å². The maximum absolute atomic E-state index is 12.9. The van der Waals surface area contributed by atoms with Crippen LogP contribution in [0.15, 0.2) is 39.2 Å². The van der Waals surface area contributed by atoms with Gasteiger partial charge in [-0.2, -0.15) is 13.2 Å². The highest BCUT2D eigenvalue weighted by Gasteiger charge is 2.37. The van der Waals surface area contributed by atoms with Gasteiger partial charge in [-0.05, 0) is 18.1 Å². The number of thiazole rings is 2. The number of likely N-dealkylation sites (N-methyl/N-ethyl adjacent to an activating group) is 1. The van der Waals surface area contributed by atoms with Crippen LogP contribution in [0.4, 0.5) is 18.3 Å². The Morgan fingerprint density at radius 2 is 1.97 bits per heavy atom. The van der Waals surface area contributed by atoms with Gasteiger partial charge in [0, 0.05) is 43.9 Å². The summed E-state index contributed by atoms with van der Waals surface area (Å²) in [5.41, 5.74) is 1.80. The number of nitrogens with one attached hydrogen (secondary N) is 2. The van der Waals surface area contributed by atoms with Crippen LogP contribution in [-0.2, 0) is 6.42 Å². The van der Waals surface area contributed by atoms with Crippen molar-refractivity contribution < 1.29 is 13.2 Å². The molecule has 2 N–H and O–H groups in total. The lowest BCUT2D eigenvalue weighted by atomic mass is 10.1. The Morgan fingerprint density at radius 1 is 1.17 bits per heavy atom. The first kappa shape index (κ1) is 19.9. The highest BCUT2D eigenvalue weighted by Crippen LogP contribution is 2.32. The second-order valence-electron chi connectivity index (χ2n) is 6.71. The Kier molecular flexibility index (Phi) is 5.59. The molecule has 2 aromatic rings. The predicted molar refractivity (Wildman–Crippen MR) is 110 cm³/mol. The molecular formula is C18H19F3N6S2. The molecule has 0 saturated carbocycles. The summed E-state index contributed by atoms with van der Waals surface area (Å²) >= 11 is 2.96. The van der Waals surface area contributed by atoms with E-state index in [1.165, 1.54) is 34.6 Å². The lowest BCUT2D eigenvalue weighted by molar-refractivity contribution is -0.109. The van der Waals surface area contributed by atoms with Gasteiger partial charge in [0.15, 0.2) is 11.1 Å². The van der Waals surface area contributed by atoms with Gasteiger partial charge < -0.3 is 15.5 Å². The van der Waals surface area contributed by atoms with Crippen LogP contribution in [-0.4, -0.2) is 53.7 Å². The SMILES string of the molecule is CN1CC(Cc2nc(-c3csc(NC4=NCCCN4)n3)cs2)=CC=C1C(F)(F)F. The summed E-state index contributed by atoms with van der Waals surface area (Å²) in [6.07, 6.45) is -0.108. The number of alkyl halides is 3. The van der Waals surface area contributed by atoms with Crippen LogP contribution in [0.2, 0.25) is 0 Å². The summed E-state index contributed by atoms with van der Waals surface area (Å²) in [6.45, 7) is 1.93. The van der Waals surface area contributed by atoms with E-state index in [0.29, 0.717) is 6.42 Å². The summed E-state index contributed by atoms with van der Waals surface area (Å²) < 4.78 is 38.7. The minimum absolute atomic E-state index is 0.236. The van der Waals surface area contributed by atoms with Crippen molar-refractivity contribution in [3.05, 3.63) is 39.2 Å². The van der Waals surface area contributed by atoms with E-state index in [1.807, 2.05) is 10.8 Å². The van der Waals surface area contributed by atoms with Gasteiger partial charge >= 0.3 is 6.18 Å². The fraction of sp³-hybridized carbons (Fsp3) is 0.389. The van der Waals surface area contributed by atoms with E-state index in [1.54, 1.807) is 6.08 Å². The van der Waals surface area contributed by atoms with Gasteiger partial charge in [0.1, 0.15) is 17.1 Å². The second-order valence-corrected chi connectivity index (χ2v) is 8.51. The molecule has 4 rings (SSSR count). The van der Waals surface area contributed by atoms with E-state index < -0.39 is 11.9 Å². The van der Waals surface area contributed by atoms with Gasteiger partial charge in [0.05, 0.1) is 5.01 Å². The first-order valence-corrected chi connectivity index (χ1v) is 10.8. The third kappa shape index (κ3) is 4.78. The number of aliphatic imine (C=N–C) groups is 1. The van der Waals surface area contributed by atoms with Gasteiger partial charge in [-0.1, -0.05) is 6.08 Å². The third-order valence-electron chi connectivity index (χ3n) is 4.44. The molecule has 2 aliphatic rings. The number of halogens is 3. The van der Waals surface area contributed by atoms with Crippen LogP contribution in [0.1, 0.15) is 11.4 Å². The number of nitrogens with zero attached hydrogens (tertiary/aromatic N) is 4. The second kappa shape index (κ2) is 8.15. The maximum atomic E-state index is 12.9. The van der Waals surface area contributed by atoms with E-state index in [4.69, 9.17) is 0 Å². The van der Waals surface area contributed by atoms with E-state index in [9.17, 15) is 13.2 Å². The first-order chi connectivity index (χ1) is 13.9. The lowest BCUT2D eigenvalue weighted by Crippen LogP contribution is -2.35. The molecule has 0 unspecified atom stereocenters. The summed E-state index contributed by atoms with van der Waals surface area (Å²) in [5.74, 6) is 0.732. The van der Waals surface area contributed by atoms with Crippen LogP contribution in [0.25, 0.3) is 11.4 Å². The number of anilines is 1. The average Bonchev–Trinajstić information content (AvgIpc) is 3.31. The molecule has 4 heterocycles. The number of rotatable bonds is 4. The fourth-order valence-electron chi connectivity index (χ4n) is 3.06. The Balaban J connectivity index is 1.42. The van der Waals surface area contributed by atoms with Crippen LogP contribution >= 0.6 is 22.7 Å². The Morgan fingerprint density at radius 3 is 2.69 bits per heavy atom. The minimum atomic E-state index is -4.33. The van der Waals surface area contributed by atoms with Gasteiger partial charge in [-0.25, -0.2) is 9.97 Å². The highest BCUT2D eigenvalue weighted by atomic mass is 32.1. The molecule has 0 bridgehead atoms. The predicted octanol–water partition coefficient (Wildman–Crippen LogP) is 3.89. The molecule has 0 atom stereocenters. The van der Waals surface area contributed by atoms with Gasteiger partial charge in [0.2, 0.25) is 0 Å². The van der Waals surface area contributed by atoms with Crippen molar-refractivity contribution in [2.45, 2.75) is 19.0 Å². The summed E-state index contributed by atoms with van der Waals surface area (Å²) in [4.78, 5) is 14.8. The van der Waals surface area contributed by atoms with Crippen LogP contribution < -0.4 is 10.6 Å². The van der Waals surface area contributed by atoms with Gasteiger partial charge in [0.25, 0.3) is 0 Å². The van der Waals surface area contributed by atoms with E-state index >= 15 is 0 Å². The van der Waals surface area contributed by atoms with Crippen molar-refractivity contribution in [3.63, 3.8) is 0 Å². The van der Waals surface area contributed by atoms with Gasteiger partial charge in [-0.3, -0.25) is 4.99 Å². The Labute approximate surface area is 173 Å². The quantitative estimate of drug-likeness (QED) is 0.755. The zero-order valence-corrected chi connectivity index (χ0v) is 17.2. The Hall–Kier alpha value is -2.40. The smallest absolute Gasteiger partial charge is 0.367 e. The molecule has 0 aliphatic carbocycles. The Bertz CT molecular complexity index is 972. The third-order valence-corrected chi connectivity index (χ3v) is 6.04. The molecule has 29 heavy (non-hydrogen) atoms. The van der Waals surface area contributed by atoms with Crippen molar-refractivity contribution in [1.29, 1.82) is 0 Å². The maximum Gasteiger partial charge on any atom is 0.431 e. The average molecular weight is 441 g/mol. The number of aromatic nitrogens is 2. The van der Waals surface area contributed by atoms with E-state index in [-0.39, 0.29) is 6.54 Å². The number of allylic oxidation sites excluding steroid dienone is 3. The molecule has 0 radical (unpaired) electrons. The zero-order valence-electron chi connectivity index (χ0n) is 15.6. The molecule has 0 spiro atoms. The van der Waals surface area contributed by atoms with Crippen molar-refractivity contribution in [2.24, 2.45) is 4.99 Å². The normalized spacial score (nSPS) is 17.4. The van der Waals surface area contributed by atoms with E-state index in [0.717, 1.165) is 58.6 Å². The van der Waals surface area contributed by atoms with Crippen LogP contribution in [0.5, 0.6) is 0 Å². The summed E-state index contributed by atoms with van der Waals surface area (Å²) in [7, 11) is 1.45. The molecule has 0 amide bonds. The summed E-state index contributed by atoms with van der Waals surface area (Å²) in [6, 6.07) is 0. The number of hydrogen-bond acceptors (Lipinski definition) is 8. The van der Waals surface area contributed by atoms with Crippen molar-refractivity contribution in [1.82, 2.24) is 20.2 Å². The number of guanidine groups is 1. The van der Waals surface area contributed by atoms with Crippen LogP contribution in [0.3, 0.4) is 0 Å². The monoisotopic (exact) mass is 440 g/mol. The largest absolute Gasteiger partial charge is 0.431 e. The molecule has 11 heteroatoms. The van der Waals surface area contributed by atoms with Crippen LogP contribution in [0, 0.1) is 0 Å². The standard InChI is InChI=1S/C18H19F3N6S2/c1-27-8-11(3-4-14(27)18(19,20)21)7-15-24-12(9-28-15)13-10-29-17(25-13)26-16-22-5-2-6-23-16/h3-4,9-10H,2,5-8H2,1H3,(H2,22,23,25,26). The molecule has 2 aliphatic heterocycles. The van der Waals surface area contributed by atoms with Gasteiger partial charge in [-0.15, -0.1) is 22.7 Å². The molecule has 0 saturated heterocycles. The molecule has 2 aromatic heterocycles. The topological polar surface area (TPSA) is 65.4 Å². The van der Waals surface area contributed by atoms with E-state index in [2.05, 4.69) is 25.6 Å². The molecular weight excluding hydrogens is 421 g/mol. The minimum Gasteiger partial charge on any atom is -0.367 e.